The number of Topliss-reactive ketones (excluding diaryl/α,β-unsaturated/α-hetero) is 1. The van der Waals surface area contributed by atoms with Crippen LogP contribution in [0, 0.1) is 0 Å². The van der Waals surface area contributed by atoms with E-state index in [1.807, 2.05) is 0 Å². The number of carbonyl (C=O) groups is 2. The highest BCUT2D eigenvalue weighted by Gasteiger charge is 2.27. The lowest BCUT2D eigenvalue weighted by molar-refractivity contribution is -0.950. The first-order valence-corrected chi connectivity index (χ1v) is 6.07. The van der Waals surface area contributed by atoms with Crippen LogP contribution in [-0.4, -0.2) is 38.9 Å². The summed E-state index contributed by atoms with van der Waals surface area (Å²) in [5.41, 5.74) is 0.697. The van der Waals surface area contributed by atoms with Crippen LogP contribution in [0.2, 0.25) is 0 Å². The number of anilines is 1. The van der Waals surface area contributed by atoms with Gasteiger partial charge in [-0.1, -0.05) is 0 Å². The second-order valence-corrected chi connectivity index (χ2v) is 4.36. The zero-order chi connectivity index (χ0) is 15.6. The highest BCUT2D eigenvalue weighted by molar-refractivity contribution is 5.96. The summed E-state index contributed by atoms with van der Waals surface area (Å²) in [6.07, 6.45) is -0.172. The molecule has 0 amide bonds. The van der Waals surface area contributed by atoms with Gasteiger partial charge in [0.2, 0.25) is 10.4 Å². The van der Waals surface area contributed by atoms with Crippen LogP contribution in [0.3, 0.4) is 0 Å². The zero-order valence-corrected chi connectivity index (χ0v) is 11.1. The van der Waals surface area contributed by atoms with Crippen molar-refractivity contribution in [2.24, 2.45) is 0 Å². The predicted molar refractivity (Wildman–Crippen MR) is 67.2 cm³/mol. The Labute approximate surface area is 118 Å². The third-order valence-corrected chi connectivity index (χ3v) is 2.84. The van der Waals surface area contributed by atoms with E-state index in [1.54, 1.807) is 0 Å². The molecule has 21 heavy (non-hydrogen) atoms. The summed E-state index contributed by atoms with van der Waals surface area (Å²) in [5.74, 6) is -1.32. The minimum atomic E-state index is -1.00. The van der Waals surface area contributed by atoms with E-state index in [4.69, 9.17) is 5.11 Å². The van der Waals surface area contributed by atoms with E-state index in [0.717, 1.165) is 0 Å². The quantitative estimate of drug-likeness (QED) is 0.328. The Morgan fingerprint density at radius 3 is 2.62 bits per heavy atom. The number of hydrogen-bond donors (Lipinski definition) is 4. The zero-order valence-electron chi connectivity index (χ0n) is 11.1. The van der Waals surface area contributed by atoms with Gasteiger partial charge in [0.25, 0.3) is 5.10 Å². The standard InChI is InChI=1S/C12H12N4O5/c1-7(17)8-2-3-9-10(6-8)16(21)14-12(15(9)20)13-5-4-11(18)19/h2-3,6,20H,4-5H2,1H3,(H-,13,14,18,19,21)/p+2. The molecule has 9 heteroatoms. The number of nitrogens with zero attached hydrogens (tertiary/aromatic N) is 3. The van der Waals surface area contributed by atoms with Gasteiger partial charge in [-0.05, 0) is 23.8 Å². The highest BCUT2D eigenvalue weighted by Crippen LogP contribution is 2.10. The number of aliphatic carboxylic acids is 1. The van der Waals surface area contributed by atoms with E-state index in [1.165, 1.54) is 25.1 Å². The Balaban J connectivity index is 2.42. The first-order valence-electron chi connectivity index (χ1n) is 6.07. The van der Waals surface area contributed by atoms with Crippen LogP contribution in [0.25, 0.3) is 11.0 Å². The van der Waals surface area contributed by atoms with E-state index in [0.29, 0.717) is 15.1 Å². The lowest BCUT2D eigenvalue weighted by Crippen LogP contribution is -2.47. The summed E-state index contributed by atoms with van der Waals surface area (Å²) < 4.78 is 0.674. The van der Waals surface area contributed by atoms with Crippen molar-refractivity contribution in [3.8, 4) is 0 Å². The van der Waals surface area contributed by atoms with Crippen LogP contribution in [0.1, 0.15) is 23.7 Å². The fraction of sp³-hybridized carbons (Fsp3) is 0.250. The second-order valence-electron chi connectivity index (χ2n) is 4.36. The molecule has 4 N–H and O–H groups in total. The van der Waals surface area contributed by atoms with Crippen LogP contribution in [0.5, 0.6) is 0 Å². The first-order chi connectivity index (χ1) is 9.90. The van der Waals surface area contributed by atoms with Crippen LogP contribution in [0.4, 0.5) is 5.95 Å². The van der Waals surface area contributed by atoms with E-state index in [2.05, 4.69) is 10.4 Å². The maximum atomic E-state index is 11.3. The highest BCUT2D eigenvalue weighted by atomic mass is 16.5. The van der Waals surface area contributed by atoms with Gasteiger partial charge >= 0.3 is 17.4 Å². The molecule has 1 aromatic carbocycles. The number of ketones is 1. The SMILES string of the molecule is CC(=O)c1ccc2c(c1)[n+](O)nc(NCCC(=O)O)[n+]2O. The van der Waals surface area contributed by atoms with Crippen molar-refractivity contribution in [3.63, 3.8) is 0 Å². The Hall–Kier alpha value is -2.97. The molecule has 0 atom stereocenters. The molecule has 0 aliphatic carbocycles. The number of carboxylic acids is 1. The molecule has 1 aromatic heterocycles. The first kappa shape index (κ1) is 14.4. The van der Waals surface area contributed by atoms with Gasteiger partial charge in [0.05, 0.1) is 13.0 Å². The molecule has 2 aromatic rings. The van der Waals surface area contributed by atoms with Crippen LogP contribution in [0.15, 0.2) is 18.2 Å². The Morgan fingerprint density at radius 1 is 1.29 bits per heavy atom. The maximum absolute atomic E-state index is 11.3. The van der Waals surface area contributed by atoms with Crippen molar-refractivity contribution < 1.29 is 34.7 Å². The number of carbonyl (C=O) groups excluding carboxylic acids is 1. The second kappa shape index (κ2) is 5.57. The monoisotopic (exact) mass is 294 g/mol. The number of nitrogens with one attached hydrogen (secondary N) is 1. The average molecular weight is 294 g/mol. The fourth-order valence-electron chi connectivity index (χ4n) is 1.77. The van der Waals surface area contributed by atoms with Gasteiger partial charge in [0, 0.05) is 11.6 Å². The fourth-order valence-corrected chi connectivity index (χ4v) is 1.77. The number of benzene rings is 1. The van der Waals surface area contributed by atoms with Crippen LogP contribution in [-0.2, 0) is 4.79 Å². The summed E-state index contributed by atoms with van der Waals surface area (Å²) in [6, 6.07) is 4.33. The Kier molecular flexibility index (Phi) is 3.83. The van der Waals surface area contributed by atoms with Gasteiger partial charge in [-0.25, -0.2) is 5.21 Å². The topological polar surface area (TPSA) is 128 Å². The summed E-state index contributed by atoms with van der Waals surface area (Å²) in [7, 11) is 0. The normalized spacial score (nSPS) is 10.5. The van der Waals surface area contributed by atoms with Gasteiger partial charge in [-0.15, -0.1) is 0 Å². The molecule has 0 bridgehead atoms. The van der Waals surface area contributed by atoms with Crippen molar-refractivity contribution in [2.45, 2.75) is 13.3 Å². The van der Waals surface area contributed by atoms with E-state index >= 15 is 0 Å². The molecule has 0 aliphatic rings. The van der Waals surface area contributed by atoms with Gasteiger partial charge in [0.15, 0.2) is 5.78 Å². The minimum absolute atomic E-state index is 0.0277. The van der Waals surface area contributed by atoms with Crippen molar-refractivity contribution in [1.82, 2.24) is 5.10 Å². The lowest BCUT2D eigenvalue weighted by Gasteiger charge is -2.00. The molecular formula is C12H14N4O5+2. The molecule has 2 rings (SSSR count). The number of hydrogen-bond acceptors (Lipinski definition) is 6. The third-order valence-electron chi connectivity index (χ3n) is 2.84. The maximum Gasteiger partial charge on any atom is 0.500 e. The minimum Gasteiger partial charge on any atom is -0.481 e. The molecule has 0 fully saturated rings. The largest absolute Gasteiger partial charge is 0.500 e. The summed E-state index contributed by atoms with van der Waals surface area (Å²) in [6.45, 7) is 1.41. The van der Waals surface area contributed by atoms with Crippen LogP contribution < -0.4 is 14.9 Å². The molecule has 0 saturated carbocycles. The summed E-state index contributed by atoms with van der Waals surface area (Å²) >= 11 is 0. The van der Waals surface area contributed by atoms with Crippen molar-refractivity contribution in [2.75, 3.05) is 11.9 Å². The molecular weight excluding hydrogens is 280 g/mol. The number of fused-ring (bicyclic) bond motifs is 1. The molecule has 0 radical (unpaired) electrons. The molecule has 0 unspecified atom stereocenters. The van der Waals surface area contributed by atoms with Crippen LogP contribution >= 0.6 is 0 Å². The Morgan fingerprint density at radius 2 is 2.00 bits per heavy atom. The molecule has 1 heterocycles. The van der Waals surface area contributed by atoms with E-state index in [-0.39, 0.29) is 35.7 Å². The molecule has 0 saturated heterocycles. The van der Waals surface area contributed by atoms with Crippen molar-refractivity contribution in [3.05, 3.63) is 23.8 Å². The average Bonchev–Trinajstić information content (AvgIpc) is 2.43. The van der Waals surface area contributed by atoms with Gasteiger partial charge in [0.1, 0.15) is 0 Å². The molecule has 9 nitrogen and oxygen atoms in total. The van der Waals surface area contributed by atoms with E-state index in [9.17, 15) is 20.0 Å². The van der Waals surface area contributed by atoms with E-state index < -0.39 is 5.97 Å². The third kappa shape index (κ3) is 2.96. The Bertz CT molecular complexity index is 731. The van der Waals surface area contributed by atoms with Gasteiger partial charge < -0.3 is 10.3 Å². The van der Waals surface area contributed by atoms with Crippen molar-refractivity contribution >= 4 is 28.7 Å². The number of carboxylic acid groups (broad SMARTS) is 1. The summed E-state index contributed by atoms with van der Waals surface area (Å²) in [4.78, 5) is 22.3. The summed E-state index contributed by atoms with van der Waals surface area (Å²) in [5, 5.41) is 34.6. The van der Waals surface area contributed by atoms with Gasteiger partial charge in [-0.2, -0.15) is 0 Å². The lowest BCUT2D eigenvalue weighted by atomic mass is 10.1. The van der Waals surface area contributed by atoms with Gasteiger partial charge in [-0.3, -0.25) is 14.9 Å². The molecule has 0 spiro atoms. The smallest absolute Gasteiger partial charge is 0.481 e. The molecule has 0 aliphatic heterocycles. The predicted octanol–water partition coefficient (Wildman–Crippen LogP) is -0.626. The van der Waals surface area contributed by atoms with Crippen molar-refractivity contribution in [1.29, 1.82) is 0 Å². The molecule has 110 valence electrons. The number of rotatable bonds is 5. The number of aromatic nitrogens is 3.